The highest BCUT2D eigenvalue weighted by atomic mass is 32.2. The molecule has 1 unspecified atom stereocenters. The van der Waals surface area contributed by atoms with Crippen LogP contribution in [0.1, 0.15) is 37.1 Å². The lowest BCUT2D eigenvalue weighted by atomic mass is 10.2. The third-order valence-corrected chi connectivity index (χ3v) is 5.94. The van der Waals surface area contributed by atoms with Gasteiger partial charge < -0.3 is 4.90 Å². The minimum atomic E-state index is -0.302. The lowest BCUT2D eigenvalue weighted by molar-refractivity contribution is -0.129. The van der Waals surface area contributed by atoms with Crippen molar-refractivity contribution in [1.82, 2.24) is 14.9 Å². The molecule has 1 heterocycles. The standard InChI is InChI=1S/C22H22FN3OS/c1-14(22(27)26(2)13-15-6-5-7-17(23)12-15)28-21-18-8-3-4-9-19(18)24-20(25-21)16-10-11-16/h3-9,12,14,16H,10-11,13H2,1-2H3. The van der Waals surface area contributed by atoms with Gasteiger partial charge in [-0.3, -0.25) is 4.79 Å². The van der Waals surface area contributed by atoms with Crippen molar-refractivity contribution >= 4 is 28.6 Å². The maximum absolute atomic E-state index is 13.4. The molecule has 2 aromatic carbocycles. The molecule has 1 fully saturated rings. The average Bonchev–Trinajstić information content (AvgIpc) is 3.52. The van der Waals surface area contributed by atoms with E-state index in [0.717, 1.165) is 40.2 Å². The van der Waals surface area contributed by atoms with E-state index in [1.165, 1.54) is 23.9 Å². The van der Waals surface area contributed by atoms with E-state index in [9.17, 15) is 9.18 Å². The van der Waals surface area contributed by atoms with Crippen LogP contribution in [-0.4, -0.2) is 33.1 Å². The third kappa shape index (κ3) is 4.17. The molecule has 1 saturated carbocycles. The lowest BCUT2D eigenvalue weighted by Crippen LogP contribution is -2.32. The van der Waals surface area contributed by atoms with E-state index < -0.39 is 0 Å². The topological polar surface area (TPSA) is 46.1 Å². The van der Waals surface area contributed by atoms with Crippen molar-refractivity contribution in [2.75, 3.05) is 7.05 Å². The van der Waals surface area contributed by atoms with Gasteiger partial charge in [0.05, 0.1) is 10.8 Å². The number of hydrogen-bond acceptors (Lipinski definition) is 4. The van der Waals surface area contributed by atoms with Gasteiger partial charge in [0.15, 0.2) is 0 Å². The summed E-state index contributed by atoms with van der Waals surface area (Å²) < 4.78 is 13.4. The second-order valence-corrected chi connectivity index (χ2v) is 8.59. The van der Waals surface area contributed by atoms with Crippen LogP contribution in [0.25, 0.3) is 10.9 Å². The molecule has 28 heavy (non-hydrogen) atoms. The molecule has 0 bridgehead atoms. The second kappa shape index (κ2) is 7.87. The van der Waals surface area contributed by atoms with Crippen LogP contribution in [0.3, 0.4) is 0 Å². The Morgan fingerprint density at radius 2 is 2.00 bits per heavy atom. The number of fused-ring (bicyclic) bond motifs is 1. The van der Waals surface area contributed by atoms with Crippen LogP contribution < -0.4 is 0 Å². The maximum Gasteiger partial charge on any atom is 0.235 e. The highest BCUT2D eigenvalue weighted by Crippen LogP contribution is 2.40. The summed E-state index contributed by atoms with van der Waals surface area (Å²) in [5.41, 5.74) is 1.70. The Hall–Kier alpha value is -2.47. The Morgan fingerprint density at radius 1 is 1.21 bits per heavy atom. The lowest BCUT2D eigenvalue weighted by Gasteiger charge is -2.21. The number of hydrogen-bond donors (Lipinski definition) is 0. The summed E-state index contributed by atoms with van der Waals surface area (Å²) >= 11 is 1.47. The Bertz CT molecular complexity index is 1020. The smallest absolute Gasteiger partial charge is 0.235 e. The fourth-order valence-corrected chi connectivity index (χ4v) is 4.26. The molecule has 4 rings (SSSR count). The first kappa shape index (κ1) is 18.9. The number of halogens is 1. The molecular weight excluding hydrogens is 373 g/mol. The van der Waals surface area contributed by atoms with Crippen LogP contribution in [-0.2, 0) is 11.3 Å². The van der Waals surface area contributed by atoms with E-state index >= 15 is 0 Å². The van der Waals surface area contributed by atoms with Crippen molar-refractivity contribution in [3.8, 4) is 0 Å². The molecule has 6 heteroatoms. The summed E-state index contributed by atoms with van der Waals surface area (Å²) in [6.07, 6.45) is 2.26. The van der Waals surface area contributed by atoms with Crippen LogP contribution in [0.15, 0.2) is 53.6 Å². The summed E-state index contributed by atoms with van der Waals surface area (Å²) in [4.78, 5) is 24.0. The SMILES string of the molecule is CC(Sc1nc(C2CC2)nc2ccccc12)C(=O)N(C)Cc1cccc(F)c1. The first-order valence-electron chi connectivity index (χ1n) is 9.44. The van der Waals surface area contributed by atoms with Crippen LogP contribution in [0.5, 0.6) is 0 Å². The molecule has 0 N–H and O–H groups in total. The highest BCUT2D eigenvalue weighted by molar-refractivity contribution is 8.00. The molecule has 0 saturated heterocycles. The molecule has 1 amide bonds. The minimum absolute atomic E-state index is 0.00933. The Kier molecular flexibility index (Phi) is 5.31. The zero-order chi connectivity index (χ0) is 19.7. The van der Waals surface area contributed by atoms with Gasteiger partial charge in [-0.05, 0) is 43.5 Å². The fraction of sp³-hybridized carbons (Fsp3) is 0.318. The average molecular weight is 396 g/mol. The third-order valence-electron chi connectivity index (χ3n) is 4.85. The Balaban J connectivity index is 1.52. The molecule has 1 aliphatic carbocycles. The number of carbonyl (C=O) groups is 1. The van der Waals surface area contributed by atoms with Crippen molar-refractivity contribution in [2.45, 2.75) is 42.5 Å². The monoisotopic (exact) mass is 395 g/mol. The first-order valence-corrected chi connectivity index (χ1v) is 10.3. The van der Waals surface area contributed by atoms with E-state index in [-0.39, 0.29) is 17.0 Å². The largest absolute Gasteiger partial charge is 0.340 e. The number of rotatable bonds is 6. The van der Waals surface area contributed by atoms with Gasteiger partial charge in [0.2, 0.25) is 5.91 Å². The zero-order valence-electron chi connectivity index (χ0n) is 15.9. The molecule has 1 atom stereocenters. The minimum Gasteiger partial charge on any atom is -0.340 e. The molecule has 0 aliphatic heterocycles. The Labute approximate surface area is 168 Å². The van der Waals surface area contributed by atoms with Crippen molar-refractivity contribution in [3.05, 3.63) is 65.7 Å². The van der Waals surface area contributed by atoms with E-state index in [1.807, 2.05) is 37.3 Å². The molecular formula is C22H22FN3OS. The predicted molar refractivity (Wildman–Crippen MR) is 110 cm³/mol. The van der Waals surface area contributed by atoms with Crippen LogP contribution >= 0.6 is 11.8 Å². The molecule has 144 valence electrons. The molecule has 3 aromatic rings. The summed E-state index contributed by atoms with van der Waals surface area (Å²) in [6.45, 7) is 2.27. The van der Waals surface area contributed by atoms with Gasteiger partial charge in [-0.15, -0.1) is 0 Å². The molecule has 0 radical (unpaired) electrons. The predicted octanol–water partition coefficient (Wildman–Crippen LogP) is 4.79. The normalized spacial score (nSPS) is 14.8. The number of benzene rings is 2. The van der Waals surface area contributed by atoms with Gasteiger partial charge in [0.1, 0.15) is 16.7 Å². The highest BCUT2D eigenvalue weighted by Gasteiger charge is 2.28. The van der Waals surface area contributed by atoms with Crippen LogP contribution in [0.2, 0.25) is 0 Å². The van der Waals surface area contributed by atoms with E-state index in [2.05, 4.69) is 0 Å². The number of aromatic nitrogens is 2. The van der Waals surface area contributed by atoms with E-state index in [1.54, 1.807) is 18.0 Å². The van der Waals surface area contributed by atoms with Crippen molar-refractivity contribution < 1.29 is 9.18 Å². The Morgan fingerprint density at radius 3 is 2.75 bits per heavy atom. The first-order chi connectivity index (χ1) is 13.5. The van der Waals surface area contributed by atoms with Crippen molar-refractivity contribution in [3.63, 3.8) is 0 Å². The van der Waals surface area contributed by atoms with Crippen LogP contribution in [0.4, 0.5) is 4.39 Å². The van der Waals surface area contributed by atoms with Gasteiger partial charge >= 0.3 is 0 Å². The number of thioether (sulfide) groups is 1. The number of amides is 1. The fourth-order valence-electron chi connectivity index (χ4n) is 3.19. The maximum atomic E-state index is 13.4. The summed E-state index contributed by atoms with van der Waals surface area (Å²) in [5, 5.41) is 1.53. The summed E-state index contributed by atoms with van der Waals surface area (Å²) in [7, 11) is 1.75. The number of carbonyl (C=O) groups excluding carboxylic acids is 1. The van der Waals surface area contributed by atoms with Gasteiger partial charge in [-0.25, -0.2) is 14.4 Å². The van der Waals surface area contributed by atoms with Crippen LogP contribution in [0, 0.1) is 5.82 Å². The van der Waals surface area contributed by atoms with E-state index in [4.69, 9.17) is 9.97 Å². The molecule has 1 aliphatic rings. The van der Waals surface area contributed by atoms with Gasteiger partial charge in [-0.1, -0.05) is 42.1 Å². The van der Waals surface area contributed by atoms with Gasteiger partial charge in [0.25, 0.3) is 0 Å². The zero-order valence-corrected chi connectivity index (χ0v) is 16.7. The summed E-state index contributed by atoms with van der Waals surface area (Å²) in [5.74, 6) is 1.03. The van der Waals surface area contributed by atoms with Gasteiger partial charge in [0, 0.05) is 24.9 Å². The number of para-hydroxylation sites is 1. The molecule has 0 spiro atoms. The van der Waals surface area contributed by atoms with Crippen molar-refractivity contribution in [2.24, 2.45) is 0 Å². The molecule has 1 aromatic heterocycles. The second-order valence-electron chi connectivity index (χ2n) is 7.26. The quantitative estimate of drug-likeness (QED) is 0.445. The van der Waals surface area contributed by atoms with E-state index in [0.29, 0.717) is 12.5 Å². The van der Waals surface area contributed by atoms with Gasteiger partial charge in [-0.2, -0.15) is 0 Å². The number of nitrogens with zero attached hydrogens (tertiary/aromatic N) is 3. The summed E-state index contributed by atoms with van der Waals surface area (Å²) in [6, 6.07) is 14.3. The van der Waals surface area contributed by atoms with Crippen molar-refractivity contribution in [1.29, 1.82) is 0 Å². The molecule has 4 nitrogen and oxygen atoms in total.